The number of halogens is 1. The summed E-state index contributed by atoms with van der Waals surface area (Å²) in [5.74, 6) is -0.277. The van der Waals surface area contributed by atoms with Crippen molar-refractivity contribution in [3.8, 4) is 0 Å². The number of likely N-dealkylation sites (N-methyl/N-ethyl adjacent to an activating group) is 1. The van der Waals surface area contributed by atoms with Crippen LogP contribution in [0, 0.1) is 5.82 Å². The molecule has 0 saturated carbocycles. The standard InChI is InChI=1S/C13H21FN2O2S/c1-11(2)16(10-9-15(3)19(4,17)18)13-7-5-12(14)6-8-13/h5-8,11H,9-10H2,1-4H3. The van der Waals surface area contributed by atoms with Gasteiger partial charge in [-0.05, 0) is 38.1 Å². The Morgan fingerprint density at radius 2 is 1.68 bits per heavy atom. The van der Waals surface area contributed by atoms with Gasteiger partial charge < -0.3 is 4.90 Å². The zero-order chi connectivity index (χ0) is 14.6. The summed E-state index contributed by atoms with van der Waals surface area (Å²) >= 11 is 0. The average molecular weight is 288 g/mol. The van der Waals surface area contributed by atoms with Crippen LogP contribution in [0.15, 0.2) is 24.3 Å². The Labute approximate surface area is 114 Å². The van der Waals surface area contributed by atoms with Gasteiger partial charge in [-0.2, -0.15) is 0 Å². The monoisotopic (exact) mass is 288 g/mol. The normalized spacial score (nSPS) is 12.2. The Kier molecular flexibility index (Phi) is 5.31. The number of benzene rings is 1. The molecule has 4 nitrogen and oxygen atoms in total. The van der Waals surface area contributed by atoms with E-state index in [4.69, 9.17) is 0 Å². The molecule has 0 N–H and O–H groups in total. The van der Waals surface area contributed by atoms with Crippen molar-refractivity contribution < 1.29 is 12.8 Å². The van der Waals surface area contributed by atoms with Crippen molar-refractivity contribution >= 4 is 15.7 Å². The number of sulfonamides is 1. The van der Waals surface area contributed by atoms with E-state index in [0.717, 1.165) is 5.69 Å². The SMILES string of the molecule is CC(C)N(CCN(C)S(C)(=O)=O)c1ccc(F)cc1. The molecule has 0 bridgehead atoms. The second-order valence-electron chi connectivity index (χ2n) is 4.85. The molecule has 0 aromatic heterocycles. The lowest BCUT2D eigenvalue weighted by molar-refractivity contribution is 0.470. The molecule has 0 amide bonds. The summed E-state index contributed by atoms with van der Waals surface area (Å²) in [6, 6.07) is 6.43. The van der Waals surface area contributed by atoms with Gasteiger partial charge in [0.25, 0.3) is 0 Å². The first-order chi connectivity index (χ1) is 8.71. The molecule has 6 heteroatoms. The Hall–Kier alpha value is -1.14. The van der Waals surface area contributed by atoms with Crippen molar-refractivity contribution in [3.05, 3.63) is 30.1 Å². The van der Waals surface area contributed by atoms with E-state index in [2.05, 4.69) is 0 Å². The number of rotatable bonds is 6. The van der Waals surface area contributed by atoms with Crippen molar-refractivity contribution in [2.75, 3.05) is 31.3 Å². The highest BCUT2D eigenvalue weighted by atomic mass is 32.2. The predicted octanol–water partition coefficient (Wildman–Crippen LogP) is 1.93. The van der Waals surface area contributed by atoms with E-state index in [1.165, 1.54) is 22.7 Å². The van der Waals surface area contributed by atoms with E-state index < -0.39 is 10.0 Å². The van der Waals surface area contributed by atoms with E-state index in [1.807, 2.05) is 18.7 Å². The molecule has 0 fully saturated rings. The van der Waals surface area contributed by atoms with Gasteiger partial charge in [0.1, 0.15) is 5.82 Å². The van der Waals surface area contributed by atoms with Gasteiger partial charge in [-0.15, -0.1) is 0 Å². The summed E-state index contributed by atoms with van der Waals surface area (Å²) in [6.07, 6.45) is 1.19. The fourth-order valence-corrected chi connectivity index (χ4v) is 2.15. The Morgan fingerprint density at radius 3 is 2.11 bits per heavy atom. The van der Waals surface area contributed by atoms with Gasteiger partial charge in [0.05, 0.1) is 6.26 Å². The van der Waals surface area contributed by atoms with E-state index >= 15 is 0 Å². The zero-order valence-corrected chi connectivity index (χ0v) is 12.6. The Morgan fingerprint density at radius 1 is 1.16 bits per heavy atom. The van der Waals surface area contributed by atoms with Crippen LogP contribution in [0.2, 0.25) is 0 Å². The lowest BCUT2D eigenvalue weighted by Crippen LogP contribution is -2.39. The van der Waals surface area contributed by atoms with Gasteiger partial charge in [0, 0.05) is 31.9 Å². The molecular formula is C13H21FN2O2S. The van der Waals surface area contributed by atoms with Crippen LogP contribution in [-0.2, 0) is 10.0 Å². The molecule has 1 aromatic carbocycles. The van der Waals surface area contributed by atoms with Gasteiger partial charge in [-0.3, -0.25) is 0 Å². The second kappa shape index (κ2) is 6.34. The maximum Gasteiger partial charge on any atom is 0.211 e. The summed E-state index contributed by atoms with van der Waals surface area (Å²) in [7, 11) is -1.61. The highest BCUT2D eigenvalue weighted by molar-refractivity contribution is 7.88. The maximum atomic E-state index is 12.9. The van der Waals surface area contributed by atoms with E-state index in [9.17, 15) is 12.8 Å². The van der Waals surface area contributed by atoms with Gasteiger partial charge >= 0.3 is 0 Å². The molecule has 19 heavy (non-hydrogen) atoms. The lowest BCUT2D eigenvalue weighted by Gasteiger charge is -2.30. The average Bonchev–Trinajstić information content (AvgIpc) is 2.29. The van der Waals surface area contributed by atoms with Crippen LogP contribution in [0.5, 0.6) is 0 Å². The molecule has 0 heterocycles. The molecule has 108 valence electrons. The zero-order valence-electron chi connectivity index (χ0n) is 11.8. The largest absolute Gasteiger partial charge is 0.368 e. The van der Waals surface area contributed by atoms with Crippen molar-refractivity contribution in [2.24, 2.45) is 0 Å². The number of anilines is 1. The van der Waals surface area contributed by atoms with E-state index in [0.29, 0.717) is 13.1 Å². The first-order valence-electron chi connectivity index (χ1n) is 6.15. The van der Waals surface area contributed by atoms with Crippen LogP contribution in [0.4, 0.5) is 10.1 Å². The van der Waals surface area contributed by atoms with Crippen molar-refractivity contribution in [3.63, 3.8) is 0 Å². The van der Waals surface area contributed by atoms with Crippen molar-refractivity contribution in [1.82, 2.24) is 4.31 Å². The van der Waals surface area contributed by atoms with E-state index in [-0.39, 0.29) is 11.9 Å². The molecule has 0 radical (unpaired) electrons. The Balaban J connectivity index is 2.77. The summed E-state index contributed by atoms with van der Waals surface area (Å²) in [5, 5.41) is 0. The van der Waals surface area contributed by atoms with Gasteiger partial charge in [-0.25, -0.2) is 17.1 Å². The summed E-state index contributed by atoms with van der Waals surface area (Å²) in [4.78, 5) is 2.04. The molecule has 0 unspecified atom stereocenters. The van der Waals surface area contributed by atoms with Crippen LogP contribution in [-0.4, -0.2) is 45.2 Å². The smallest absolute Gasteiger partial charge is 0.211 e. The van der Waals surface area contributed by atoms with Gasteiger partial charge in [-0.1, -0.05) is 0 Å². The van der Waals surface area contributed by atoms with Crippen molar-refractivity contribution in [1.29, 1.82) is 0 Å². The van der Waals surface area contributed by atoms with Gasteiger partial charge in [0.15, 0.2) is 0 Å². The highest BCUT2D eigenvalue weighted by Crippen LogP contribution is 2.17. The molecule has 0 atom stereocenters. The summed E-state index contributed by atoms with van der Waals surface area (Å²) in [6.45, 7) is 4.99. The van der Waals surface area contributed by atoms with Crippen molar-refractivity contribution in [2.45, 2.75) is 19.9 Å². The minimum Gasteiger partial charge on any atom is -0.368 e. The predicted molar refractivity (Wildman–Crippen MR) is 76.4 cm³/mol. The number of nitrogens with zero attached hydrogens (tertiary/aromatic N) is 2. The fraction of sp³-hybridized carbons (Fsp3) is 0.538. The molecular weight excluding hydrogens is 267 g/mol. The minimum atomic E-state index is -3.17. The summed E-state index contributed by atoms with van der Waals surface area (Å²) < 4.78 is 36.9. The quantitative estimate of drug-likeness (QED) is 0.803. The summed E-state index contributed by atoms with van der Waals surface area (Å²) in [5.41, 5.74) is 0.887. The lowest BCUT2D eigenvalue weighted by atomic mass is 10.2. The third kappa shape index (κ3) is 4.80. The maximum absolute atomic E-state index is 12.9. The Bertz CT molecular complexity index is 500. The molecule has 0 aliphatic rings. The molecule has 0 aliphatic carbocycles. The number of hydrogen-bond donors (Lipinski definition) is 0. The van der Waals surface area contributed by atoms with Crippen LogP contribution >= 0.6 is 0 Å². The molecule has 1 rings (SSSR count). The molecule has 0 saturated heterocycles. The fourth-order valence-electron chi connectivity index (χ4n) is 1.73. The molecule has 0 aliphatic heterocycles. The molecule has 0 spiro atoms. The van der Waals surface area contributed by atoms with E-state index in [1.54, 1.807) is 19.2 Å². The topological polar surface area (TPSA) is 40.6 Å². The van der Waals surface area contributed by atoms with Crippen LogP contribution in [0.25, 0.3) is 0 Å². The third-order valence-corrected chi connectivity index (χ3v) is 4.32. The third-order valence-electron chi connectivity index (χ3n) is 3.00. The molecule has 1 aromatic rings. The number of hydrogen-bond acceptors (Lipinski definition) is 3. The first-order valence-corrected chi connectivity index (χ1v) is 8.00. The van der Waals surface area contributed by atoms with Gasteiger partial charge in [0.2, 0.25) is 10.0 Å². The second-order valence-corrected chi connectivity index (χ2v) is 6.94. The minimum absolute atomic E-state index is 0.207. The highest BCUT2D eigenvalue weighted by Gasteiger charge is 2.15. The van der Waals surface area contributed by atoms with Crippen LogP contribution < -0.4 is 4.90 Å². The first kappa shape index (κ1) is 15.9. The van der Waals surface area contributed by atoms with Crippen LogP contribution in [0.3, 0.4) is 0 Å². The van der Waals surface area contributed by atoms with Crippen LogP contribution in [0.1, 0.15) is 13.8 Å².